The maximum absolute atomic E-state index is 12.9. The molecule has 1 saturated heterocycles. The van der Waals surface area contributed by atoms with Crippen molar-refractivity contribution in [3.63, 3.8) is 0 Å². The molecule has 2 aromatic rings. The Morgan fingerprint density at radius 3 is 2.06 bits per heavy atom. The van der Waals surface area contributed by atoms with E-state index in [4.69, 9.17) is 0 Å². The lowest BCUT2D eigenvalue weighted by molar-refractivity contribution is -0.137. The number of ketones is 1. The first-order chi connectivity index (χ1) is 15.2. The summed E-state index contributed by atoms with van der Waals surface area (Å²) >= 11 is 0. The van der Waals surface area contributed by atoms with Crippen LogP contribution in [-0.4, -0.2) is 53.6 Å². The Labute approximate surface area is 184 Å². The molecule has 0 aliphatic carbocycles. The predicted octanol–water partition coefficient (Wildman–Crippen LogP) is 4.22. The van der Waals surface area contributed by atoms with Crippen molar-refractivity contribution in [2.45, 2.75) is 32.4 Å². The number of aryl methyl sites for hydroxylation is 1. The molecule has 1 aliphatic heterocycles. The van der Waals surface area contributed by atoms with E-state index >= 15 is 0 Å². The Hall–Kier alpha value is -3.16. The summed E-state index contributed by atoms with van der Waals surface area (Å²) < 4.78 is 38.7. The average molecular weight is 446 g/mol. The molecule has 0 radical (unpaired) electrons. The van der Waals surface area contributed by atoms with Crippen molar-refractivity contribution in [2.24, 2.45) is 0 Å². The van der Waals surface area contributed by atoms with Crippen LogP contribution in [0.3, 0.4) is 0 Å². The predicted molar refractivity (Wildman–Crippen MR) is 113 cm³/mol. The summed E-state index contributed by atoms with van der Waals surface area (Å²) in [6.07, 6.45) is -3.45. The number of carbonyl (C=O) groups is 3. The number of nitrogens with zero attached hydrogens (tertiary/aromatic N) is 2. The van der Waals surface area contributed by atoms with Gasteiger partial charge < -0.3 is 9.80 Å². The number of benzene rings is 2. The molecule has 2 amide bonds. The van der Waals surface area contributed by atoms with Crippen LogP contribution in [-0.2, 0) is 17.4 Å². The second-order valence-corrected chi connectivity index (χ2v) is 7.73. The number of amides is 2. The second-order valence-electron chi connectivity index (χ2n) is 7.73. The third kappa shape index (κ3) is 5.75. The van der Waals surface area contributed by atoms with Crippen LogP contribution in [0.4, 0.5) is 13.2 Å². The van der Waals surface area contributed by atoms with Gasteiger partial charge in [0.15, 0.2) is 5.78 Å². The molecule has 0 aromatic heterocycles. The Kier molecular flexibility index (Phi) is 7.33. The zero-order valence-electron chi connectivity index (χ0n) is 17.8. The first kappa shape index (κ1) is 23.5. The molecule has 0 bridgehead atoms. The summed E-state index contributed by atoms with van der Waals surface area (Å²) in [7, 11) is 0. The van der Waals surface area contributed by atoms with Crippen molar-refractivity contribution in [1.29, 1.82) is 0 Å². The van der Waals surface area contributed by atoms with E-state index in [2.05, 4.69) is 0 Å². The summed E-state index contributed by atoms with van der Waals surface area (Å²) in [5, 5.41) is 0. The van der Waals surface area contributed by atoms with E-state index in [9.17, 15) is 27.6 Å². The highest BCUT2D eigenvalue weighted by atomic mass is 19.4. The lowest BCUT2D eigenvalue weighted by atomic mass is 10.0. The van der Waals surface area contributed by atoms with E-state index in [1.165, 1.54) is 17.0 Å². The highest BCUT2D eigenvalue weighted by Crippen LogP contribution is 2.29. The average Bonchev–Trinajstić information content (AvgIpc) is 2.81. The van der Waals surface area contributed by atoms with Crippen LogP contribution >= 0.6 is 0 Å². The van der Waals surface area contributed by atoms with Gasteiger partial charge in [0.1, 0.15) is 0 Å². The molecule has 0 spiro atoms. The number of hydrogen-bond donors (Lipinski definition) is 0. The van der Waals surface area contributed by atoms with Gasteiger partial charge in [-0.25, -0.2) is 0 Å². The molecule has 0 atom stereocenters. The van der Waals surface area contributed by atoms with E-state index in [-0.39, 0.29) is 56.3 Å². The molecule has 0 unspecified atom stereocenters. The fraction of sp³-hybridized carbons (Fsp3) is 0.375. The van der Waals surface area contributed by atoms with Crippen LogP contribution in [0.15, 0.2) is 48.5 Å². The number of rotatable bonds is 6. The van der Waals surface area contributed by atoms with Gasteiger partial charge in [-0.2, -0.15) is 13.2 Å². The molecular formula is C24H25F3N2O3. The van der Waals surface area contributed by atoms with Gasteiger partial charge >= 0.3 is 6.18 Å². The molecule has 1 heterocycles. The maximum Gasteiger partial charge on any atom is 0.416 e. The number of hydrogen-bond acceptors (Lipinski definition) is 3. The SMILES string of the molecule is CCc1ccc(C(=O)CCC(=O)N2CCN(C(=O)c3cccc(C(F)(F)F)c3)CC2)cc1. The lowest BCUT2D eigenvalue weighted by Gasteiger charge is -2.35. The molecule has 3 rings (SSSR count). The molecular weight excluding hydrogens is 421 g/mol. The van der Waals surface area contributed by atoms with Gasteiger partial charge in [-0.3, -0.25) is 14.4 Å². The van der Waals surface area contributed by atoms with Crippen LogP contribution in [0.5, 0.6) is 0 Å². The van der Waals surface area contributed by atoms with Crippen LogP contribution in [0, 0.1) is 0 Å². The number of alkyl halides is 3. The molecule has 8 heteroatoms. The summed E-state index contributed by atoms with van der Waals surface area (Å²) in [6, 6.07) is 11.7. The van der Waals surface area contributed by atoms with Crippen molar-refractivity contribution in [3.05, 3.63) is 70.8 Å². The standard InChI is InChI=1S/C24H25F3N2O3/c1-2-17-6-8-18(9-7-17)21(30)10-11-22(31)28-12-14-29(15-13-28)23(32)19-4-3-5-20(16-19)24(25,26)27/h3-9,16H,2,10-15H2,1H3. The van der Waals surface area contributed by atoms with Crippen molar-refractivity contribution >= 4 is 17.6 Å². The maximum atomic E-state index is 12.9. The Morgan fingerprint density at radius 1 is 0.844 bits per heavy atom. The number of Topliss-reactive ketones (excluding diaryl/α,β-unsaturated/α-hetero) is 1. The lowest BCUT2D eigenvalue weighted by Crippen LogP contribution is -2.50. The Bertz CT molecular complexity index is 979. The molecule has 2 aromatic carbocycles. The van der Waals surface area contributed by atoms with E-state index in [1.807, 2.05) is 19.1 Å². The minimum Gasteiger partial charge on any atom is -0.339 e. The van der Waals surface area contributed by atoms with E-state index in [1.54, 1.807) is 17.0 Å². The number of carbonyl (C=O) groups excluding carboxylic acids is 3. The van der Waals surface area contributed by atoms with Crippen LogP contribution in [0.25, 0.3) is 0 Å². The monoisotopic (exact) mass is 446 g/mol. The zero-order chi connectivity index (χ0) is 23.3. The first-order valence-corrected chi connectivity index (χ1v) is 10.6. The van der Waals surface area contributed by atoms with Gasteiger partial charge in [-0.15, -0.1) is 0 Å². The smallest absolute Gasteiger partial charge is 0.339 e. The zero-order valence-corrected chi connectivity index (χ0v) is 17.8. The highest BCUT2D eigenvalue weighted by molar-refractivity contribution is 5.98. The molecule has 170 valence electrons. The fourth-order valence-corrected chi connectivity index (χ4v) is 3.62. The summed E-state index contributed by atoms with van der Waals surface area (Å²) in [6.45, 7) is 3.05. The number of piperazine rings is 1. The second kappa shape index (κ2) is 9.97. The normalized spacial score (nSPS) is 14.4. The third-order valence-corrected chi connectivity index (χ3v) is 5.61. The molecule has 0 N–H and O–H groups in total. The van der Waals surface area contributed by atoms with Crippen molar-refractivity contribution in [3.8, 4) is 0 Å². The molecule has 32 heavy (non-hydrogen) atoms. The third-order valence-electron chi connectivity index (χ3n) is 5.61. The molecule has 0 saturated carbocycles. The molecule has 1 fully saturated rings. The minimum absolute atomic E-state index is 0.0284. The van der Waals surface area contributed by atoms with E-state index in [0.29, 0.717) is 5.56 Å². The van der Waals surface area contributed by atoms with Gasteiger partial charge in [-0.05, 0) is 30.2 Å². The highest BCUT2D eigenvalue weighted by Gasteiger charge is 2.32. The fourth-order valence-electron chi connectivity index (χ4n) is 3.62. The largest absolute Gasteiger partial charge is 0.416 e. The summed E-state index contributed by atoms with van der Waals surface area (Å²) in [4.78, 5) is 40.4. The number of halogens is 3. The first-order valence-electron chi connectivity index (χ1n) is 10.6. The van der Waals surface area contributed by atoms with E-state index < -0.39 is 17.6 Å². The topological polar surface area (TPSA) is 57.7 Å². The molecule has 1 aliphatic rings. The Morgan fingerprint density at radius 2 is 1.47 bits per heavy atom. The van der Waals surface area contributed by atoms with Gasteiger partial charge in [0.25, 0.3) is 5.91 Å². The van der Waals surface area contributed by atoms with Gasteiger partial charge in [0, 0.05) is 50.1 Å². The summed E-state index contributed by atoms with van der Waals surface area (Å²) in [5.74, 6) is -0.761. The van der Waals surface area contributed by atoms with Crippen LogP contribution in [0.1, 0.15) is 51.6 Å². The van der Waals surface area contributed by atoms with Crippen LogP contribution < -0.4 is 0 Å². The summed E-state index contributed by atoms with van der Waals surface area (Å²) in [5.41, 5.74) is 0.812. The van der Waals surface area contributed by atoms with Crippen LogP contribution in [0.2, 0.25) is 0 Å². The van der Waals surface area contributed by atoms with Gasteiger partial charge in [0.2, 0.25) is 5.91 Å². The minimum atomic E-state index is -4.52. The van der Waals surface area contributed by atoms with Crippen molar-refractivity contribution in [1.82, 2.24) is 9.80 Å². The van der Waals surface area contributed by atoms with Gasteiger partial charge in [-0.1, -0.05) is 37.3 Å². The van der Waals surface area contributed by atoms with Crippen molar-refractivity contribution < 1.29 is 27.6 Å². The Balaban J connectivity index is 1.50. The van der Waals surface area contributed by atoms with E-state index in [0.717, 1.165) is 24.1 Å². The van der Waals surface area contributed by atoms with Crippen molar-refractivity contribution in [2.75, 3.05) is 26.2 Å². The molecule has 5 nitrogen and oxygen atoms in total. The van der Waals surface area contributed by atoms with Gasteiger partial charge in [0.05, 0.1) is 5.56 Å². The quantitative estimate of drug-likeness (QED) is 0.625.